The minimum absolute atomic E-state index is 0.300. The number of rotatable bonds is 4. The van der Waals surface area contributed by atoms with Crippen molar-refractivity contribution in [2.75, 3.05) is 44.1 Å². The monoisotopic (exact) mass is 401 g/mol. The average molecular weight is 402 g/mol. The van der Waals surface area contributed by atoms with E-state index in [2.05, 4.69) is 45.6 Å². The van der Waals surface area contributed by atoms with Crippen LogP contribution in [0, 0.1) is 0 Å². The first-order chi connectivity index (χ1) is 13.2. The molecule has 0 unspecified atom stereocenters. The van der Waals surface area contributed by atoms with Crippen molar-refractivity contribution in [3.8, 4) is 11.5 Å². The Morgan fingerprint density at radius 1 is 1.07 bits per heavy atom. The summed E-state index contributed by atoms with van der Waals surface area (Å²) in [6.07, 6.45) is 2.13. The number of thioether (sulfide) groups is 1. The highest BCUT2D eigenvalue weighted by Crippen LogP contribution is 2.32. The number of fused-ring (bicyclic) bond motifs is 1. The van der Waals surface area contributed by atoms with E-state index in [1.54, 1.807) is 11.8 Å². The van der Waals surface area contributed by atoms with Crippen molar-refractivity contribution in [1.29, 1.82) is 0 Å². The van der Waals surface area contributed by atoms with Gasteiger partial charge in [-0.05, 0) is 48.3 Å². The summed E-state index contributed by atoms with van der Waals surface area (Å²) in [4.78, 5) is 6.03. The van der Waals surface area contributed by atoms with Gasteiger partial charge in [-0.2, -0.15) is 0 Å². The topological polar surface area (TPSA) is 37.0 Å². The van der Waals surface area contributed by atoms with Gasteiger partial charge < -0.3 is 24.6 Å². The summed E-state index contributed by atoms with van der Waals surface area (Å²) in [5.74, 6) is 1.62. The number of nitrogens with zero attached hydrogens (tertiary/aromatic N) is 2. The molecule has 2 heterocycles. The van der Waals surface area contributed by atoms with Gasteiger partial charge in [0.2, 0.25) is 6.79 Å². The standard InChI is InChI=1S/C20H23N3O2S2/c1-27-19-5-3-2-4-16(19)22-8-10-23(11-9-22)20(26)21-13-15-6-7-17-18(12-15)25-14-24-17/h2-7,12H,8-11,13-14H2,1H3,(H,21,26). The van der Waals surface area contributed by atoms with Crippen LogP contribution in [0.25, 0.3) is 0 Å². The van der Waals surface area contributed by atoms with Crippen molar-refractivity contribution in [2.45, 2.75) is 11.4 Å². The van der Waals surface area contributed by atoms with Gasteiger partial charge in [-0.3, -0.25) is 0 Å². The van der Waals surface area contributed by atoms with E-state index in [9.17, 15) is 0 Å². The zero-order valence-corrected chi connectivity index (χ0v) is 16.9. The molecule has 0 spiro atoms. The molecule has 2 aliphatic heterocycles. The van der Waals surface area contributed by atoms with Crippen molar-refractivity contribution in [2.24, 2.45) is 0 Å². The van der Waals surface area contributed by atoms with Crippen molar-refractivity contribution >= 4 is 34.8 Å². The summed E-state index contributed by atoms with van der Waals surface area (Å²) in [6, 6.07) is 14.6. The summed E-state index contributed by atoms with van der Waals surface area (Å²) >= 11 is 7.41. The smallest absolute Gasteiger partial charge is 0.231 e. The molecule has 27 heavy (non-hydrogen) atoms. The van der Waals surface area contributed by atoms with E-state index in [0.29, 0.717) is 13.3 Å². The van der Waals surface area contributed by atoms with Gasteiger partial charge in [0.1, 0.15) is 0 Å². The Balaban J connectivity index is 1.30. The molecular formula is C20H23N3O2S2. The summed E-state index contributed by atoms with van der Waals surface area (Å²) in [5.41, 5.74) is 2.46. The number of benzene rings is 2. The van der Waals surface area contributed by atoms with Crippen molar-refractivity contribution in [1.82, 2.24) is 10.2 Å². The van der Waals surface area contributed by atoms with Crippen LogP contribution < -0.4 is 19.7 Å². The zero-order chi connectivity index (χ0) is 18.6. The number of thiocarbonyl (C=S) groups is 1. The van der Waals surface area contributed by atoms with Crippen LogP contribution in [0.5, 0.6) is 11.5 Å². The molecule has 1 fully saturated rings. The molecule has 2 aliphatic rings. The van der Waals surface area contributed by atoms with Gasteiger partial charge in [-0.1, -0.05) is 18.2 Å². The minimum Gasteiger partial charge on any atom is -0.454 e. The second-order valence-electron chi connectivity index (χ2n) is 6.49. The Bertz CT molecular complexity index is 823. The Morgan fingerprint density at radius 3 is 2.67 bits per heavy atom. The number of hydrogen-bond acceptors (Lipinski definition) is 5. The second kappa shape index (κ2) is 8.27. The number of piperazine rings is 1. The lowest BCUT2D eigenvalue weighted by Gasteiger charge is -2.38. The Kier molecular flexibility index (Phi) is 5.59. The van der Waals surface area contributed by atoms with E-state index in [1.807, 2.05) is 18.2 Å². The van der Waals surface area contributed by atoms with Gasteiger partial charge in [-0.15, -0.1) is 11.8 Å². The Labute approximate surface area is 169 Å². The fraction of sp³-hybridized carbons (Fsp3) is 0.350. The normalized spacial score (nSPS) is 15.7. The van der Waals surface area contributed by atoms with E-state index in [4.69, 9.17) is 21.7 Å². The third kappa shape index (κ3) is 4.09. The van der Waals surface area contributed by atoms with Crippen molar-refractivity contribution in [3.05, 3.63) is 48.0 Å². The number of ether oxygens (including phenoxy) is 2. The minimum atomic E-state index is 0.300. The highest BCUT2D eigenvalue weighted by molar-refractivity contribution is 7.98. The maximum absolute atomic E-state index is 5.61. The van der Waals surface area contributed by atoms with E-state index in [1.165, 1.54) is 10.6 Å². The average Bonchev–Trinajstić information content (AvgIpc) is 3.20. The molecule has 1 saturated heterocycles. The fourth-order valence-electron chi connectivity index (χ4n) is 3.38. The fourth-order valence-corrected chi connectivity index (χ4v) is 4.26. The molecular weight excluding hydrogens is 378 g/mol. The van der Waals surface area contributed by atoms with Gasteiger partial charge >= 0.3 is 0 Å². The van der Waals surface area contributed by atoms with Gasteiger partial charge in [0.15, 0.2) is 16.6 Å². The van der Waals surface area contributed by atoms with Crippen LogP contribution in [-0.4, -0.2) is 49.2 Å². The lowest BCUT2D eigenvalue weighted by Crippen LogP contribution is -2.51. The van der Waals surface area contributed by atoms with E-state index >= 15 is 0 Å². The van der Waals surface area contributed by atoms with Crippen LogP contribution in [0.2, 0.25) is 0 Å². The van der Waals surface area contributed by atoms with Gasteiger partial charge in [-0.25, -0.2) is 0 Å². The molecule has 4 rings (SSSR count). The highest BCUT2D eigenvalue weighted by Gasteiger charge is 2.20. The van der Waals surface area contributed by atoms with Gasteiger partial charge in [0.25, 0.3) is 0 Å². The molecule has 0 radical (unpaired) electrons. The number of anilines is 1. The maximum Gasteiger partial charge on any atom is 0.231 e. The lowest BCUT2D eigenvalue weighted by atomic mass is 10.2. The molecule has 0 bridgehead atoms. The first-order valence-electron chi connectivity index (χ1n) is 9.04. The van der Waals surface area contributed by atoms with Crippen LogP contribution in [0.4, 0.5) is 5.69 Å². The number of para-hydroxylation sites is 1. The number of hydrogen-bond donors (Lipinski definition) is 1. The predicted molar refractivity (Wildman–Crippen MR) is 114 cm³/mol. The molecule has 2 aromatic carbocycles. The largest absolute Gasteiger partial charge is 0.454 e. The van der Waals surface area contributed by atoms with Crippen LogP contribution in [0.15, 0.2) is 47.4 Å². The Hall–Kier alpha value is -2.12. The summed E-state index contributed by atoms with van der Waals surface area (Å²) in [7, 11) is 0. The molecule has 0 amide bonds. The van der Waals surface area contributed by atoms with E-state index < -0.39 is 0 Å². The SMILES string of the molecule is CSc1ccccc1N1CCN(C(=S)NCc2ccc3c(c2)OCO3)CC1. The third-order valence-electron chi connectivity index (χ3n) is 4.87. The zero-order valence-electron chi connectivity index (χ0n) is 15.3. The highest BCUT2D eigenvalue weighted by atomic mass is 32.2. The summed E-state index contributed by atoms with van der Waals surface area (Å²) in [6.45, 7) is 4.79. The maximum atomic E-state index is 5.61. The van der Waals surface area contributed by atoms with Crippen LogP contribution in [-0.2, 0) is 6.54 Å². The molecule has 142 valence electrons. The molecule has 2 aromatic rings. The van der Waals surface area contributed by atoms with E-state index in [0.717, 1.165) is 48.4 Å². The Morgan fingerprint density at radius 2 is 1.85 bits per heavy atom. The molecule has 0 saturated carbocycles. The van der Waals surface area contributed by atoms with Gasteiger partial charge in [0.05, 0.1) is 5.69 Å². The van der Waals surface area contributed by atoms with Gasteiger partial charge in [0, 0.05) is 37.6 Å². The molecule has 0 aliphatic carbocycles. The van der Waals surface area contributed by atoms with Crippen molar-refractivity contribution in [3.63, 3.8) is 0 Å². The van der Waals surface area contributed by atoms with E-state index in [-0.39, 0.29) is 0 Å². The first kappa shape index (κ1) is 18.3. The first-order valence-corrected chi connectivity index (χ1v) is 10.7. The second-order valence-corrected chi connectivity index (χ2v) is 7.73. The predicted octanol–water partition coefficient (Wildman–Crippen LogP) is 3.33. The molecule has 0 aromatic heterocycles. The van der Waals surface area contributed by atoms with Crippen molar-refractivity contribution < 1.29 is 9.47 Å². The van der Waals surface area contributed by atoms with Crippen LogP contribution in [0.3, 0.4) is 0 Å². The number of nitrogens with one attached hydrogen (secondary N) is 1. The quantitative estimate of drug-likeness (QED) is 0.622. The summed E-state index contributed by atoms with van der Waals surface area (Å²) < 4.78 is 10.8. The molecule has 7 heteroatoms. The molecule has 1 N–H and O–H groups in total. The summed E-state index contributed by atoms with van der Waals surface area (Å²) in [5, 5.41) is 4.19. The van der Waals surface area contributed by atoms with Crippen LogP contribution in [0.1, 0.15) is 5.56 Å². The molecule has 0 atom stereocenters. The lowest BCUT2D eigenvalue weighted by molar-refractivity contribution is 0.174. The van der Waals surface area contributed by atoms with Crippen LogP contribution >= 0.6 is 24.0 Å². The third-order valence-corrected chi connectivity index (χ3v) is 6.06. The molecule has 5 nitrogen and oxygen atoms in total.